The number of nitriles is 1. The second-order valence-corrected chi connectivity index (χ2v) is 14.1. The highest BCUT2D eigenvalue weighted by atomic mass is 19.4. The molecule has 2 heterocycles. The summed E-state index contributed by atoms with van der Waals surface area (Å²) in [6.45, 7) is 5.75. The maximum absolute atomic E-state index is 14.2. The van der Waals surface area contributed by atoms with Gasteiger partial charge in [-0.25, -0.2) is 14.0 Å². The van der Waals surface area contributed by atoms with Crippen LogP contribution in [-0.2, 0) is 12.7 Å². The molecule has 6 rings (SSSR count). The van der Waals surface area contributed by atoms with Crippen LogP contribution in [0, 0.1) is 36.0 Å². The maximum Gasteiger partial charge on any atom is 0.416 e. The van der Waals surface area contributed by atoms with Crippen molar-refractivity contribution >= 4 is 5.91 Å². The number of aromatic nitrogens is 4. The van der Waals surface area contributed by atoms with Crippen molar-refractivity contribution < 1.29 is 18.0 Å². The van der Waals surface area contributed by atoms with Gasteiger partial charge in [0.2, 0.25) is 5.91 Å². The summed E-state index contributed by atoms with van der Waals surface area (Å²) in [6.07, 6.45) is 2.02. The Morgan fingerprint density at radius 2 is 1.69 bits per heavy atom. The smallest absolute Gasteiger partial charge is 0.302 e. The van der Waals surface area contributed by atoms with E-state index in [0.717, 1.165) is 60.0 Å². The molecule has 0 unspecified atom stereocenters. The molecule has 52 heavy (non-hydrogen) atoms. The highest BCUT2D eigenvalue weighted by molar-refractivity contribution is 5.84. The molecule has 0 N–H and O–H groups in total. The number of nitrogens with zero attached hydrogens (tertiary/aromatic N) is 6. The highest BCUT2D eigenvalue weighted by Crippen LogP contribution is 2.36. The molecule has 2 aromatic heterocycles. The fourth-order valence-electron chi connectivity index (χ4n) is 7.67. The van der Waals surface area contributed by atoms with Crippen molar-refractivity contribution in [2.24, 2.45) is 17.8 Å². The Labute approximate surface area is 301 Å². The molecule has 1 saturated carbocycles. The molecule has 5 aromatic rings. The lowest BCUT2D eigenvalue weighted by molar-refractivity contribution is -0.137. The van der Waals surface area contributed by atoms with Gasteiger partial charge in [0.15, 0.2) is 0 Å². The number of benzene rings is 3. The van der Waals surface area contributed by atoms with Gasteiger partial charge in [-0.2, -0.15) is 23.5 Å². The standard InChI is InChI=1S/C41H43F3N6O2/c1-28(33-17-13-32(14-18-33)27-47(3)26-31-8-5-4-6-9-31)12-21-38(51)49-39(37-22-23-46-50(37)35-19-15-30(25-45)16-20-35)29(2)48(40(49)52)36-11-7-10-34(24-36)41(42,43)44/h4-11,15-16,19-20,22-24,28,32-33H,12-14,17-18,21,26-27H2,1-3H3/t28-,32?,33?/m1/s1. The summed E-state index contributed by atoms with van der Waals surface area (Å²) >= 11 is 0. The third-order valence-corrected chi connectivity index (χ3v) is 10.5. The van der Waals surface area contributed by atoms with Crippen LogP contribution in [0.5, 0.6) is 0 Å². The minimum Gasteiger partial charge on any atom is -0.302 e. The SMILES string of the molecule is Cc1c(-c2ccnn2-c2ccc(C#N)cc2)n(C(=O)CC[C@@H](C)C2CCC(CN(C)Cc3ccccc3)CC2)c(=O)n1-c1cccc(C(F)(F)F)c1. The van der Waals surface area contributed by atoms with Gasteiger partial charge in [-0.1, -0.05) is 43.3 Å². The molecule has 0 bridgehead atoms. The molecule has 0 aliphatic heterocycles. The number of imidazole rings is 1. The van der Waals surface area contributed by atoms with Crippen molar-refractivity contribution in [3.8, 4) is 28.8 Å². The molecular weight excluding hydrogens is 665 g/mol. The zero-order valence-electron chi connectivity index (χ0n) is 29.7. The zero-order valence-corrected chi connectivity index (χ0v) is 29.7. The molecule has 1 aliphatic carbocycles. The van der Waals surface area contributed by atoms with Gasteiger partial charge < -0.3 is 4.90 Å². The average Bonchev–Trinajstić information content (AvgIpc) is 3.72. The summed E-state index contributed by atoms with van der Waals surface area (Å²) in [5, 5.41) is 13.7. The van der Waals surface area contributed by atoms with Gasteiger partial charge in [0.25, 0.3) is 0 Å². The summed E-state index contributed by atoms with van der Waals surface area (Å²) in [5.41, 5.74) is 1.69. The first-order chi connectivity index (χ1) is 24.9. The Bertz CT molecular complexity index is 2100. The molecule has 1 aliphatic rings. The van der Waals surface area contributed by atoms with Crippen LogP contribution in [-0.4, -0.2) is 43.3 Å². The molecular formula is C41H43F3N6O2. The lowest BCUT2D eigenvalue weighted by atomic mass is 9.75. The Morgan fingerprint density at radius 1 is 0.981 bits per heavy atom. The van der Waals surface area contributed by atoms with E-state index in [-0.39, 0.29) is 23.7 Å². The van der Waals surface area contributed by atoms with Gasteiger partial charge in [-0.15, -0.1) is 0 Å². The van der Waals surface area contributed by atoms with Crippen LogP contribution in [0.3, 0.4) is 0 Å². The Hall–Kier alpha value is -5.21. The van der Waals surface area contributed by atoms with Crippen molar-refractivity contribution in [2.75, 3.05) is 13.6 Å². The molecule has 3 aromatic carbocycles. The highest BCUT2D eigenvalue weighted by Gasteiger charge is 2.32. The summed E-state index contributed by atoms with van der Waals surface area (Å²) < 4.78 is 45.0. The van der Waals surface area contributed by atoms with Crippen LogP contribution in [0.2, 0.25) is 0 Å². The van der Waals surface area contributed by atoms with Gasteiger partial charge in [-0.3, -0.25) is 9.36 Å². The first-order valence-electron chi connectivity index (χ1n) is 17.8. The molecule has 1 fully saturated rings. The number of hydrogen-bond donors (Lipinski definition) is 0. The van der Waals surface area contributed by atoms with Crippen molar-refractivity contribution in [2.45, 2.75) is 65.1 Å². The third-order valence-electron chi connectivity index (χ3n) is 10.5. The Morgan fingerprint density at radius 3 is 2.37 bits per heavy atom. The largest absolute Gasteiger partial charge is 0.416 e. The number of halogens is 3. The maximum atomic E-state index is 14.2. The molecule has 11 heteroatoms. The van der Waals surface area contributed by atoms with Crippen LogP contribution < -0.4 is 5.69 Å². The number of carbonyl (C=O) groups is 1. The molecule has 0 saturated heterocycles. The zero-order chi connectivity index (χ0) is 37.0. The van der Waals surface area contributed by atoms with E-state index in [2.05, 4.69) is 54.3 Å². The van der Waals surface area contributed by atoms with E-state index in [9.17, 15) is 28.0 Å². The minimum absolute atomic E-state index is 0.00843. The predicted octanol–water partition coefficient (Wildman–Crippen LogP) is 8.69. The number of rotatable bonds is 11. The molecule has 1 atom stereocenters. The monoisotopic (exact) mass is 708 g/mol. The number of hydrogen-bond acceptors (Lipinski definition) is 5. The van der Waals surface area contributed by atoms with E-state index >= 15 is 0 Å². The molecule has 270 valence electrons. The van der Waals surface area contributed by atoms with Crippen LogP contribution in [0.25, 0.3) is 22.8 Å². The van der Waals surface area contributed by atoms with Crippen LogP contribution in [0.15, 0.2) is 95.9 Å². The third kappa shape index (κ3) is 7.97. The fraction of sp³-hybridized carbons (Fsp3) is 0.366. The normalized spacial score (nSPS) is 16.9. The van der Waals surface area contributed by atoms with Crippen molar-refractivity contribution in [3.05, 3.63) is 124 Å². The first kappa shape index (κ1) is 36.6. The topological polar surface area (TPSA) is 88.8 Å². The van der Waals surface area contributed by atoms with Gasteiger partial charge in [0, 0.05) is 19.5 Å². The fourth-order valence-corrected chi connectivity index (χ4v) is 7.67. The van der Waals surface area contributed by atoms with Gasteiger partial charge in [0.05, 0.1) is 51.8 Å². The lowest BCUT2D eigenvalue weighted by Gasteiger charge is -2.34. The Balaban J connectivity index is 1.23. The number of carbonyl (C=O) groups excluding carboxylic acids is 1. The van der Waals surface area contributed by atoms with Crippen molar-refractivity contribution in [3.63, 3.8) is 0 Å². The van der Waals surface area contributed by atoms with Crippen LogP contribution >= 0.6 is 0 Å². The van der Waals surface area contributed by atoms with E-state index in [1.807, 2.05) is 6.07 Å². The van der Waals surface area contributed by atoms with Gasteiger partial charge in [0.1, 0.15) is 0 Å². The summed E-state index contributed by atoms with van der Waals surface area (Å²) in [6, 6.07) is 25.4. The Kier molecular flexibility index (Phi) is 11.0. The van der Waals surface area contributed by atoms with Crippen LogP contribution in [0.1, 0.15) is 72.6 Å². The summed E-state index contributed by atoms with van der Waals surface area (Å²) in [5.74, 6) is 0.916. The second-order valence-electron chi connectivity index (χ2n) is 14.1. The molecule has 0 spiro atoms. The van der Waals surface area contributed by atoms with E-state index < -0.39 is 23.3 Å². The van der Waals surface area contributed by atoms with E-state index in [4.69, 9.17) is 0 Å². The van der Waals surface area contributed by atoms with E-state index in [1.165, 1.54) is 23.9 Å². The van der Waals surface area contributed by atoms with E-state index in [0.29, 0.717) is 40.9 Å². The summed E-state index contributed by atoms with van der Waals surface area (Å²) in [7, 11) is 2.17. The number of alkyl halides is 3. The van der Waals surface area contributed by atoms with Crippen molar-refractivity contribution in [1.29, 1.82) is 5.26 Å². The lowest BCUT2D eigenvalue weighted by Crippen LogP contribution is -2.31. The van der Waals surface area contributed by atoms with Gasteiger partial charge in [-0.05, 0) is 118 Å². The second kappa shape index (κ2) is 15.6. The molecule has 0 amide bonds. The minimum atomic E-state index is -4.61. The summed E-state index contributed by atoms with van der Waals surface area (Å²) in [4.78, 5) is 30.7. The molecule has 0 radical (unpaired) electrons. The van der Waals surface area contributed by atoms with Gasteiger partial charge >= 0.3 is 11.9 Å². The quantitative estimate of drug-likeness (QED) is 0.137. The predicted molar refractivity (Wildman–Crippen MR) is 194 cm³/mol. The van der Waals surface area contributed by atoms with Crippen molar-refractivity contribution in [1.82, 2.24) is 23.8 Å². The first-order valence-corrected chi connectivity index (χ1v) is 17.8. The molecule has 8 nitrogen and oxygen atoms in total. The average molecular weight is 709 g/mol. The van der Waals surface area contributed by atoms with E-state index in [1.54, 1.807) is 41.9 Å². The van der Waals surface area contributed by atoms with Crippen LogP contribution in [0.4, 0.5) is 13.2 Å².